The highest BCUT2D eigenvalue weighted by Gasteiger charge is 2.70. The lowest BCUT2D eigenvalue weighted by Crippen LogP contribution is -2.55. The highest BCUT2D eigenvalue weighted by Crippen LogP contribution is 2.51. The first-order chi connectivity index (χ1) is 7.56. The van der Waals surface area contributed by atoms with Gasteiger partial charge in [0.2, 0.25) is 0 Å². The van der Waals surface area contributed by atoms with Crippen LogP contribution in [0.25, 0.3) is 0 Å². The highest BCUT2D eigenvalue weighted by atomic mass is 35.9. The molecule has 0 saturated heterocycles. The summed E-state index contributed by atoms with van der Waals surface area (Å²) in [5.74, 6) is -9.50. The SMILES string of the molecule is C#CCC(F)(F)C(O)(F)C(F)(F)F.O=P(O)(Cl)Cl. The largest absolute Gasteiger partial charge is 0.454 e. The maximum Gasteiger partial charge on any atom is 0.454 e. The lowest BCUT2D eigenvalue weighted by atomic mass is 10.1. The molecular formula is C6H5Cl2F6O3P. The van der Waals surface area contributed by atoms with Crippen LogP contribution in [0.4, 0.5) is 26.3 Å². The molecule has 0 heterocycles. The van der Waals surface area contributed by atoms with Crippen LogP contribution in [0.5, 0.6) is 0 Å². The van der Waals surface area contributed by atoms with Gasteiger partial charge in [0.15, 0.2) is 0 Å². The minimum atomic E-state index is -6.08. The van der Waals surface area contributed by atoms with Crippen LogP contribution in [0.3, 0.4) is 0 Å². The van der Waals surface area contributed by atoms with Crippen LogP contribution < -0.4 is 0 Å². The Morgan fingerprint density at radius 1 is 1.17 bits per heavy atom. The molecule has 0 fully saturated rings. The maximum atomic E-state index is 12.2. The van der Waals surface area contributed by atoms with Gasteiger partial charge in [0.1, 0.15) is 0 Å². The minimum absolute atomic E-state index is 1.14. The first kappa shape index (κ1) is 20.2. The van der Waals surface area contributed by atoms with Gasteiger partial charge in [0, 0.05) is 0 Å². The second kappa shape index (κ2) is 6.35. The number of hydrogen-bond donors (Lipinski definition) is 2. The zero-order valence-electron chi connectivity index (χ0n) is 8.06. The lowest BCUT2D eigenvalue weighted by molar-refractivity contribution is -0.384. The van der Waals surface area contributed by atoms with Gasteiger partial charge in [-0.3, -0.25) is 4.57 Å². The van der Waals surface area contributed by atoms with Gasteiger partial charge in [0.05, 0.1) is 6.42 Å². The van der Waals surface area contributed by atoms with Crippen LogP contribution in [0.1, 0.15) is 6.42 Å². The van der Waals surface area contributed by atoms with Crippen molar-refractivity contribution in [3.8, 4) is 12.3 Å². The number of hydrogen-bond acceptors (Lipinski definition) is 2. The van der Waals surface area contributed by atoms with Crippen molar-refractivity contribution in [2.75, 3.05) is 0 Å². The van der Waals surface area contributed by atoms with Gasteiger partial charge in [0.25, 0.3) is 0 Å². The Labute approximate surface area is 107 Å². The molecule has 0 aliphatic carbocycles. The average Bonchev–Trinajstić information content (AvgIpc) is 1.97. The number of aliphatic hydroxyl groups is 1. The van der Waals surface area contributed by atoms with E-state index in [1.54, 1.807) is 0 Å². The van der Waals surface area contributed by atoms with E-state index in [4.69, 9.17) is 10.00 Å². The summed E-state index contributed by atoms with van der Waals surface area (Å²) in [6.07, 6.45) is -7.32. The second-order valence-corrected chi connectivity index (χ2v) is 6.78. The molecule has 1 atom stereocenters. The lowest BCUT2D eigenvalue weighted by Gasteiger charge is -2.28. The summed E-state index contributed by atoms with van der Waals surface area (Å²) in [7, 11) is 0. The molecule has 0 aliphatic heterocycles. The Morgan fingerprint density at radius 3 is 1.61 bits per heavy atom. The van der Waals surface area contributed by atoms with Gasteiger partial charge < -0.3 is 10.00 Å². The molecule has 1 unspecified atom stereocenters. The Hall–Kier alpha value is -0.130. The highest BCUT2D eigenvalue weighted by molar-refractivity contribution is 8.04. The minimum Gasteiger partial charge on any atom is -0.350 e. The average molecular weight is 341 g/mol. The van der Waals surface area contributed by atoms with E-state index in [2.05, 4.69) is 28.9 Å². The van der Waals surface area contributed by atoms with Crippen LogP contribution >= 0.6 is 28.6 Å². The van der Waals surface area contributed by atoms with Gasteiger partial charge in [-0.2, -0.15) is 26.3 Å². The Bertz CT molecular complexity index is 349. The van der Waals surface area contributed by atoms with E-state index in [0.717, 1.165) is 5.92 Å². The van der Waals surface area contributed by atoms with Crippen molar-refractivity contribution in [2.24, 2.45) is 0 Å². The molecule has 0 aromatic heterocycles. The fourth-order valence-electron chi connectivity index (χ4n) is 0.453. The predicted octanol–water partition coefficient (Wildman–Crippen LogP) is 3.43. The molecule has 0 radical (unpaired) electrons. The van der Waals surface area contributed by atoms with E-state index in [-0.39, 0.29) is 0 Å². The molecule has 0 aromatic carbocycles. The second-order valence-electron chi connectivity index (χ2n) is 2.64. The molecule has 2 N–H and O–H groups in total. The van der Waals surface area contributed by atoms with Gasteiger partial charge in [-0.15, -0.1) is 12.3 Å². The van der Waals surface area contributed by atoms with E-state index in [9.17, 15) is 30.9 Å². The summed E-state index contributed by atoms with van der Waals surface area (Å²) in [6, 6.07) is 0. The quantitative estimate of drug-likeness (QED) is 0.460. The van der Waals surface area contributed by atoms with Gasteiger partial charge in [-0.25, -0.2) is 0 Å². The van der Waals surface area contributed by atoms with E-state index in [1.807, 2.05) is 0 Å². The van der Waals surface area contributed by atoms with Crippen LogP contribution in [0.15, 0.2) is 0 Å². The molecule has 12 heteroatoms. The maximum absolute atomic E-state index is 12.2. The molecule has 18 heavy (non-hydrogen) atoms. The first-order valence-corrected chi connectivity index (χ1v) is 7.04. The Morgan fingerprint density at radius 2 is 1.44 bits per heavy atom. The predicted molar refractivity (Wildman–Crippen MR) is 52.0 cm³/mol. The number of terminal acetylenes is 1. The van der Waals surface area contributed by atoms with Crippen molar-refractivity contribution in [1.82, 2.24) is 0 Å². The molecule has 0 spiro atoms. The molecule has 3 nitrogen and oxygen atoms in total. The Kier molecular flexibility index (Phi) is 7.12. The van der Waals surface area contributed by atoms with Gasteiger partial charge in [-0.05, 0) is 22.5 Å². The molecule has 0 amide bonds. The van der Waals surface area contributed by atoms with E-state index >= 15 is 0 Å². The summed E-state index contributed by atoms with van der Waals surface area (Å²) < 4.78 is 80.3. The number of alkyl halides is 6. The zero-order valence-corrected chi connectivity index (χ0v) is 10.5. The smallest absolute Gasteiger partial charge is 0.350 e. The summed E-state index contributed by atoms with van der Waals surface area (Å²) in [5.41, 5.74) is 0. The van der Waals surface area contributed by atoms with Crippen molar-refractivity contribution in [1.29, 1.82) is 0 Å². The molecule has 0 aliphatic rings. The van der Waals surface area contributed by atoms with Gasteiger partial charge in [-0.1, -0.05) is 0 Å². The van der Waals surface area contributed by atoms with Crippen molar-refractivity contribution >= 4 is 28.6 Å². The van der Waals surface area contributed by atoms with E-state index in [0.29, 0.717) is 0 Å². The van der Waals surface area contributed by atoms with Crippen molar-refractivity contribution in [3.05, 3.63) is 0 Å². The molecule has 108 valence electrons. The van der Waals surface area contributed by atoms with Crippen LogP contribution in [0, 0.1) is 12.3 Å². The fourth-order valence-corrected chi connectivity index (χ4v) is 0.453. The molecular weight excluding hydrogens is 336 g/mol. The van der Waals surface area contributed by atoms with Crippen molar-refractivity contribution in [2.45, 2.75) is 24.4 Å². The Balaban J connectivity index is 0. The van der Waals surface area contributed by atoms with Crippen LogP contribution in [0.2, 0.25) is 0 Å². The monoisotopic (exact) mass is 340 g/mol. The van der Waals surface area contributed by atoms with Crippen LogP contribution in [-0.2, 0) is 4.57 Å². The van der Waals surface area contributed by atoms with E-state index < -0.39 is 30.4 Å². The topological polar surface area (TPSA) is 57.5 Å². The van der Waals surface area contributed by atoms with E-state index in [1.165, 1.54) is 0 Å². The van der Waals surface area contributed by atoms with Crippen molar-refractivity contribution < 1.29 is 40.9 Å². The normalized spacial score (nSPS) is 16.1. The third-order valence-electron chi connectivity index (χ3n) is 1.18. The molecule has 0 saturated carbocycles. The zero-order chi connectivity index (χ0) is 15.4. The summed E-state index contributed by atoms with van der Waals surface area (Å²) in [5, 5.41) is 7.87. The van der Waals surface area contributed by atoms with Gasteiger partial charge >= 0.3 is 24.0 Å². The molecule has 0 bridgehead atoms. The molecule has 0 rings (SSSR count). The third kappa shape index (κ3) is 7.34. The fraction of sp³-hybridized carbons (Fsp3) is 0.667. The number of halogens is 8. The number of rotatable bonds is 2. The third-order valence-corrected chi connectivity index (χ3v) is 1.18. The molecule has 0 aromatic rings. The van der Waals surface area contributed by atoms with Crippen LogP contribution in [-0.4, -0.2) is 28.0 Å². The first-order valence-electron chi connectivity index (χ1n) is 3.57. The summed E-state index contributed by atoms with van der Waals surface area (Å²) in [6.45, 7) is 0. The van der Waals surface area contributed by atoms with Crippen molar-refractivity contribution in [3.63, 3.8) is 0 Å². The summed E-state index contributed by atoms with van der Waals surface area (Å²) >= 11 is 8.81. The summed E-state index contributed by atoms with van der Waals surface area (Å²) in [4.78, 5) is 7.61. The standard InChI is InChI=1S/C6H4F6O.Cl2HO2P/c1-2-3-4(7,8)5(9,13)6(10,11)12;1-5(2,3)4/h1,13H,3H2;(H,3,4).